The first kappa shape index (κ1) is 8.38. The van der Waals surface area contributed by atoms with E-state index in [1.807, 2.05) is 0 Å². The average Bonchev–Trinajstić information content (AvgIpc) is 1.85. The molecule has 62 valence electrons. The lowest BCUT2D eigenvalue weighted by Gasteiger charge is -2.40. The summed E-state index contributed by atoms with van der Waals surface area (Å²) in [6.45, 7) is 8.89. The minimum absolute atomic E-state index is 0.183. The first-order valence-electron chi connectivity index (χ1n) is 4.18. The number of hydrogen-bond donors (Lipinski definition) is 0. The topological polar surface area (TPSA) is 3.24 Å². The predicted octanol–water partition coefficient (Wildman–Crippen LogP) is 2.56. The molecule has 1 heteroatoms. The maximum atomic E-state index is 2.35. The van der Waals surface area contributed by atoms with Gasteiger partial charge < -0.3 is 4.90 Å². The van der Waals surface area contributed by atoms with Crippen molar-refractivity contribution in [1.29, 1.82) is 0 Å². The fraction of sp³-hybridized carbons (Fsp3) is 0.600. The SMILES string of the molecule is CC(C)N1C=CC=CC1(C)C. The molecule has 0 unspecified atom stereocenters. The van der Waals surface area contributed by atoms with Gasteiger partial charge in [0.25, 0.3) is 0 Å². The third kappa shape index (κ3) is 1.65. The van der Waals surface area contributed by atoms with Gasteiger partial charge in [0.2, 0.25) is 0 Å². The van der Waals surface area contributed by atoms with Gasteiger partial charge in [-0.2, -0.15) is 0 Å². The third-order valence-electron chi connectivity index (χ3n) is 2.08. The zero-order chi connectivity index (χ0) is 8.48. The van der Waals surface area contributed by atoms with E-state index in [1.54, 1.807) is 0 Å². The van der Waals surface area contributed by atoms with Crippen LogP contribution in [0.4, 0.5) is 0 Å². The van der Waals surface area contributed by atoms with Crippen LogP contribution in [0.5, 0.6) is 0 Å². The number of rotatable bonds is 1. The highest BCUT2D eigenvalue weighted by Crippen LogP contribution is 2.22. The Kier molecular flexibility index (Phi) is 2.08. The van der Waals surface area contributed by atoms with E-state index in [0.29, 0.717) is 6.04 Å². The Hall–Kier alpha value is -0.720. The van der Waals surface area contributed by atoms with Crippen LogP contribution in [0.15, 0.2) is 24.4 Å². The maximum Gasteiger partial charge on any atom is 0.0528 e. The lowest BCUT2D eigenvalue weighted by atomic mass is 9.98. The van der Waals surface area contributed by atoms with E-state index in [4.69, 9.17) is 0 Å². The molecule has 0 spiro atoms. The summed E-state index contributed by atoms with van der Waals surface area (Å²) < 4.78 is 0. The molecule has 0 fully saturated rings. The van der Waals surface area contributed by atoms with Gasteiger partial charge in [-0.3, -0.25) is 0 Å². The second-order valence-electron chi connectivity index (χ2n) is 3.86. The smallest absolute Gasteiger partial charge is 0.0528 e. The first-order valence-corrected chi connectivity index (χ1v) is 4.18. The number of nitrogens with zero attached hydrogens (tertiary/aromatic N) is 1. The normalized spacial score (nSPS) is 21.4. The van der Waals surface area contributed by atoms with Crippen LogP contribution in [0.1, 0.15) is 27.7 Å². The maximum absolute atomic E-state index is 2.35. The molecule has 0 atom stereocenters. The molecule has 0 radical (unpaired) electrons. The summed E-state index contributed by atoms with van der Waals surface area (Å²) in [5, 5.41) is 0. The summed E-state index contributed by atoms with van der Waals surface area (Å²) in [5.41, 5.74) is 0.183. The third-order valence-corrected chi connectivity index (χ3v) is 2.08. The second-order valence-corrected chi connectivity index (χ2v) is 3.86. The van der Waals surface area contributed by atoms with Gasteiger partial charge in [0.1, 0.15) is 0 Å². The van der Waals surface area contributed by atoms with E-state index >= 15 is 0 Å². The monoisotopic (exact) mass is 151 g/mol. The van der Waals surface area contributed by atoms with Crippen molar-refractivity contribution in [2.24, 2.45) is 0 Å². The van der Waals surface area contributed by atoms with E-state index < -0.39 is 0 Å². The van der Waals surface area contributed by atoms with Crippen LogP contribution in [-0.4, -0.2) is 16.5 Å². The molecule has 1 aliphatic heterocycles. The summed E-state index contributed by atoms with van der Waals surface area (Å²) in [7, 11) is 0. The Morgan fingerprint density at radius 3 is 2.18 bits per heavy atom. The van der Waals surface area contributed by atoms with Crippen molar-refractivity contribution in [1.82, 2.24) is 4.90 Å². The minimum atomic E-state index is 0.183. The van der Waals surface area contributed by atoms with Gasteiger partial charge in [0, 0.05) is 12.2 Å². The van der Waals surface area contributed by atoms with E-state index in [9.17, 15) is 0 Å². The van der Waals surface area contributed by atoms with Crippen LogP contribution < -0.4 is 0 Å². The fourth-order valence-corrected chi connectivity index (χ4v) is 1.55. The Morgan fingerprint density at radius 2 is 1.82 bits per heavy atom. The molecule has 1 nitrogen and oxygen atoms in total. The minimum Gasteiger partial charge on any atom is -0.367 e. The molecule has 0 aromatic heterocycles. The van der Waals surface area contributed by atoms with Crippen molar-refractivity contribution in [3.8, 4) is 0 Å². The van der Waals surface area contributed by atoms with Crippen molar-refractivity contribution in [2.45, 2.75) is 39.3 Å². The predicted molar refractivity (Wildman–Crippen MR) is 49.3 cm³/mol. The summed E-state index contributed by atoms with van der Waals surface area (Å²) >= 11 is 0. The number of hydrogen-bond acceptors (Lipinski definition) is 1. The van der Waals surface area contributed by atoms with Gasteiger partial charge in [-0.1, -0.05) is 12.2 Å². The van der Waals surface area contributed by atoms with E-state index in [-0.39, 0.29) is 5.54 Å². The van der Waals surface area contributed by atoms with Crippen LogP contribution in [0, 0.1) is 0 Å². The summed E-state index contributed by atoms with van der Waals surface area (Å²) in [6.07, 6.45) is 8.59. The molecule has 1 aliphatic rings. The van der Waals surface area contributed by atoms with Gasteiger partial charge in [0.15, 0.2) is 0 Å². The molecule has 0 bridgehead atoms. The van der Waals surface area contributed by atoms with Crippen molar-refractivity contribution in [2.75, 3.05) is 0 Å². The molecule has 1 heterocycles. The van der Waals surface area contributed by atoms with Crippen LogP contribution >= 0.6 is 0 Å². The molecule has 0 N–H and O–H groups in total. The van der Waals surface area contributed by atoms with Gasteiger partial charge in [-0.05, 0) is 33.8 Å². The van der Waals surface area contributed by atoms with Gasteiger partial charge >= 0.3 is 0 Å². The lowest BCUT2D eigenvalue weighted by Crippen LogP contribution is -2.43. The zero-order valence-corrected chi connectivity index (χ0v) is 7.83. The second kappa shape index (κ2) is 2.72. The molecule has 0 saturated carbocycles. The van der Waals surface area contributed by atoms with Crippen LogP contribution in [-0.2, 0) is 0 Å². The Balaban J connectivity index is 2.80. The Morgan fingerprint density at radius 1 is 1.18 bits per heavy atom. The molecule has 0 aliphatic carbocycles. The quantitative estimate of drug-likeness (QED) is 0.556. The summed E-state index contributed by atoms with van der Waals surface area (Å²) in [6, 6.07) is 0.575. The highest BCUT2D eigenvalue weighted by molar-refractivity contribution is 5.18. The van der Waals surface area contributed by atoms with Crippen molar-refractivity contribution < 1.29 is 0 Å². The Labute approximate surface area is 69.4 Å². The molecular formula is C10H17N. The van der Waals surface area contributed by atoms with Crippen molar-refractivity contribution >= 4 is 0 Å². The van der Waals surface area contributed by atoms with E-state index in [1.165, 1.54) is 0 Å². The first-order chi connectivity index (χ1) is 5.04. The van der Waals surface area contributed by atoms with Crippen LogP contribution in [0.3, 0.4) is 0 Å². The summed E-state index contributed by atoms with van der Waals surface area (Å²) in [5.74, 6) is 0. The van der Waals surface area contributed by atoms with Gasteiger partial charge in [0.05, 0.1) is 5.54 Å². The van der Waals surface area contributed by atoms with Gasteiger partial charge in [-0.25, -0.2) is 0 Å². The molecule has 0 aromatic rings. The molecule has 11 heavy (non-hydrogen) atoms. The number of allylic oxidation sites excluding steroid dienone is 2. The van der Waals surface area contributed by atoms with Gasteiger partial charge in [-0.15, -0.1) is 0 Å². The average molecular weight is 151 g/mol. The molecule has 0 saturated heterocycles. The van der Waals surface area contributed by atoms with E-state index in [0.717, 1.165) is 0 Å². The highest BCUT2D eigenvalue weighted by atomic mass is 15.2. The molecule has 0 amide bonds. The standard InChI is InChI=1S/C10H17N/c1-9(2)11-8-6-5-7-10(11,3)4/h5-9H,1-4H3. The van der Waals surface area contributed by atoms with Crippen molar-refractivity contribution in [3.05, 3.63) is 24.4 Å². The van der Waals surface area contributed by atoms with Crippen LogP contribution in [0.2, 0.25) is 0 Å². The Bertz CT molecular complexity index is 187. The van der Waals surface area contributed by atoms with Crippen LogP contribution in [0.25, 0.3) is 0 Å². The lowest BCUT2D eigenvalue weighted by molar-refractivity contribution is 0.188. The molecular weight excluding hydrogens is 134 g/mol. The fourth-order valence-electron chi connectivity index (χ4n) is 1.55. The molecule has 1 rings (SSSR count). The largest absolute Gasteiger partial charge is 0.367 e. The van der Waals surface area contributed by atoms with Crippen molar-refractivity contribution in [3.63, 3.8) is 0 Å². The summed E-state index contributed by atoms with van der Waals surface area (Å²) in [4.78, 5) is 2.35. The zero-order valence-electron chi connectivity index (χ0n) is 7.83. The van der Waals surface area contributed by atoms with E-state index in [2.05, 4.69) is 57.0 Å². The highest BCUT2D eigenvalue weighted by Gasteiger charge is 2.24. The molecule has 0 aromatic carbocycles.